The Hall–Kier alpha value is -3.47. The Kier molecular flexibility index (Phi) is 8.10. The zero-order valence-corrected chi connectivity index (χ0v) is 15.8. The summed E-state index contributed by atoms with van der Waals surface area (Å²) in [6.07, 6.45) is -0.942. The summed E-state index contributed by atoms with van der Waals surface area (Å²) in [5.74, 6) is -2.84. The molecule has 0 aromatic heterocycles. The highest BCUT2D eigenvalue weighted by atomic mass is 19.1. The highest BCUT2D eigenvalue weighted by Gasteiger charge is 2.26. The van der Waals surface area contributed by atoms with Gasteiger partial charge in [-0.15, -0.1) is 0 Å². The summed E-state index contributed by atoms with van der Waals surface area (Å²) in [6, 6.07) is 13.1. The number of amides is 2. The number of hydrogen-bond acceptors (Lipinski definition) is 4. The number of carbonyl (C=O) groups excluding carboxylic acids is 2. The van der Waals surface area contributed by atoms with Gasteiger partial charge in [-0.05, 0) is 30.0 Å². The maximum Gasteiger partial charge on any atom is 0.408 e. The quantitative estimate of drug-likeness (QED) is 0.664. The lowest BCUT2D eigenvalue weighted by Gasteiger charge is -2.22. The summed E-state index contributed by atoms with van der Waals surface area (Å²) in [5, 5.41) is 13.4. The molecule has 0 fully saturated rings. The number of benzene rings is 2. The molecule has 0 aliphatic rings. The van der Waals surface area contributed by atoms with Crippen molar-refractivity contribution < 1.29 is 23.1 Å². The first-order valence-corrected chi connectivity index (χ1v) is 8.98. The molecule has 0 saturated heterocycles. The van der Waals surface area contributed by atoms with Crippen LogP contribution in [0.25, 0.3) is 0 Å². The van der Waals surface area contributed by atoms with Gasteiger partial charge in [0.25, 0.3) is 0 Å². The van der Waals surface area contributed by atoms with E-state index >= 15 is 0 Å². The van der Waals surface area contributed by atoms with Gasteiger partial charge in [0.15, 0.2) is 0 Å². The molecule has 6 nitrogen and oxygen atoms in total. The molecule has 0 spiro atoms. The number of ether oxygens (including phenoxy) is 1. The first-order chi connectivity index (χ1) is 13.9. The lowest BCUT2D eigenvalue weighted by atomic mass is 9.92. The van der Waals surface area contributed by atoms with Crippen LogP contribution in [0.2, 0.25) is 0 Å². The van der Waals surface area contributed by atoms with Crippen molar-refractivity contribution in [2.45, 2.75) is 31.9 Å². The first-order valence-electron chi connectivity index (χ1n) is 8.98. The van der Waals surface area contributed by atoms with Gasteiger partial charge < -0.3 is 15.4 Å². The summed E-state index contributed by atoms with van der Waals surface area (Å²) in [6.45, 7) is 1.28. The summed E-state index contributed by atoms with van der Waals surface area (Å²) < 4.78 is 33.2. The van der Waals surface area contributed by atoms with Crippen molar-refractivity contribution in [1.82, 2.24) is 10.6 Å². The van der Waals surface area contributed by atoms with E-state index in [2.05, 4.69) is 10.6 Å². The third-order valence-electron chi connectivity index (χ3n) is 4.24. The summed E-state index contributed by atoms with van der Waals surface area (Å²) in [7, 11) is 0. The van der Waals surface area contributed by atoms with Gasteiger partial charge in [0.2, 0.25) is 5.91 Å². The Morgan fingerprint density at radius 1 is 1.10 bits per heavy atom. The minimum atomic E-state index is -1.14. The highest BCUT2D eigenvalue weighted by molar-refractivity contribution is 5.85. The van der Waals surface area contributed by atoms with Crippen LogP contribution >= 0.6 is 0 Å². The van der Waals surface area contributed by atoms with E-state index in [9.17, 15) is 18.4 Å². The van der Waals surface area contributed by atoms with Crippen molar-refractivity contribution in [1.29, 1.82) is 5.26 Å². The number of nitrogens with zero attached hydrogens (tertiary/aromatic N) is 1. The van der Waals surface area contributed by atoms with Crippen LogP contribution in [0.1, 0.15) is 30.4 Å². The largest absolute Gasteiger partial charge is 0.445 e. The SMILES string of the molecule is C[C@H](C[C@H](NC(=O)OCc1ccccc1)C(=O)NCC#N)c1c(F)cccc1F. The van der Waals surface area contributed by atoms with Crippen molar-refractivity contribution >= 4 is 12.0 Å². The molecular weight excluding hydrogens is 380 g/mol. The van der Waals surface area contributed by atoms with Gasteiger partial charge >= 0.3 is 6.09 Å². The lowest BCUT2D eigenvalue weighted by molar-refractivity contribution is -0.123. The van der Waals surface area contributed by atoms with Gasteiger partial charge in [0.05, 0.1) is 6.07 Å². The normalized spacial score (nSPS) is 12.3. The van der Waals surface area contributed by atoms with E-state index in [0.717, 1.165) is 17.7 Å². The number of carbonyl (C=O) groups is 2. The van der Waals surface area contributed by atoms with Gasteiger partial charge in [-0.2, -0.15) is 5.26 Å². The fourth-order valence-electron chi connectivity index (χ4n) is 2.84. The van der Waals surface area contributed by atoms with Crippen LogP contribution in [0.4, 0.5) is 13.6 Å². The molecule has 2 rings (SSSR count). The van der Waals surface area contributed by atoms with Crippen molar-refractivity contribution in [2.75, 3.05) is 6.54 Å². The standard InChI is InChI=1S/C21H21F2N3O3/c1-14(19-16(22)8-5-9-17(19)23)12-18(20(27)25-11-10-24)26-21(28)29-13-15-6-3-2-4-7-15/h2-9,14,18H,11-13H2,1H3,(H,25,27)(H,26,28)/t14-,18+/m1/s1. The molecule has 29 heavy (non-hydrogen) atoms. The van der Waals surface area contributed by atoms with Crippen molar-refractivity contribution in [3.8, 4) is 6.07 Å². The Balaban J connectivity index is 2.07. The smallest absolute Gasteiger partial charge is 0.408 e. The fraction of sp³-hybridized carbons (Fsp3) is 0.286. The van der Waals surface area contributed by atoms with Crippen LogP contribution in [-0.4, -0.2) is 24.6 Å². The van der Waals surface area contributed by atoms with Gasteiger partial charge in [0.1, 0.15) is 30.8 Å². The number of halogens is 2. The third-order valence-corrected chi connectivity index (χ3v) is 4.24. The molecule has 2 aromatic carbocycles. The summed E-state index contributed by atoms with van der Waals surface area (Å²) in [5.41, 5.74) is 0.583. The van der Waals surface area contributed by atoms with E-state index < -0.39 is 35.6 Å². The topological polar surface area (TPSA) is 91.2 Å². The Bertz CT molecular complexity index is 864. The fourth-order valence-corrected chi connectivity index (χ4v) is 2.84. The van der Waals surface area contributed by atoms with Crippen LogP contribution in [0, 0.1) is 23.0 Å². The number of hydrogen-bond donors (Lipinski definition) is 2. The molecule has 8 heteroatoms. The Labute approximate surface area is 167 Å². The molecule has 152 valence electrons. The molecule has 2 N–H and O–H groups in total. The minimum absolute atomic E-state index is 0.00327. The monoisotopic (exact) mass is 401 g/mol. The van der Waals surface area contributed by atoms with E-state index in [1.165, 1.54) is 6.07 Å². The van der Waals surface area contributed by atoms with Gasteiger partial charge in [-0.1, -0.05) is 43.3 Å². The number of alkyl carbamates (subject to hydrolysis) is 1. The molecule has 2 atom stereocenters. The van der Waals surface area contributed by atoms with Crippen molar-refractivity contribution in [3.05, 3.63) is 71.3 Å². The maximum absolute atomic E-state index is 14.0. The second-order valence-electron chi connectivity index (χ2n) is 6.41. The molecule has 2 aromatic rings. The first kappa shape index (κ1) is 21.8. The van der Waals surface area contributed by atoms with Gasteiger partial charge in [-0.25, -0.2) is 13.6 Å². The average Bonchev–Trinajstić information content (AvgIpc) is 2.70. The predicted octanol–water partition coefficient (Wildman–Crippen LogP) is 3.39. The van der Waals surface area contributed by atoms with E-state index in [1.54, 1.807) is 37.3 Å². The highest BCUT2D eigenvalue weighted by Crippen LogP contribution is 2.26. The van der Waals surface area contributed by atoms with E-state index in [4.69, 9.17) is 10.00 Å². The number of rotatable bonds is 8. The van der Waals surface area contributed by atoms with Gasteiger partial charge in [-0.3, -0.25) is 4.79 Å². The van der Waals surface area contributed by atoms with E-state index in [1.807, 2.05) is 6.07 Å². The molecule has 0 saturated carbocycles. The van der Waals surface area contributed by atoms with E-state index in [-0.39, 0.29) is 25.1 Å². The summed E-state index contributed by atoms with van der Waals surface area (Å²) in [4.78, 5) is 24.5. The second-order valence-corrected chi connectivity index (χ2v) is 6.41. The molecule has 2 amide bonds. The van der Waals surface area contributed by atoms with E-state index in [0.29, 0.717) is 0 Å². The maximum atomic E-state index is 14.0. The van der Waals surface area contributed by atoms with Crippen molar-refractivity contribution in [2.24, 2.45) is 0 Å². The van der Waals surface area contributed by atoms with Crippen LogP contribution < -0.4 is 10.6 Å². The molecule has 0 heterocycles. The van der Waals surface area contributed by atoms with Crippen molar-refractivity contribution in [3.63, 3.8) is 0 Å². The molecule has 0 aliphatic heterocycles. The lowest BCUT2D eigenvalue weighted by Crippen LogP contribution is -2.47. The molecular formula is C21H21F2N3O3. The Morgan fingerprint density at radius 3 is 2.38 bits per heavy atom. The molecule has 0 unspecified atom stereocenters. The van der Waals surface area contributed by atoms with Crippen LogP contribution in [0.5, 0.6) is 0 Å². The zero-order valence-electron chi connectivity index (χ0n) is 15.8. The minimum Gasteiger partial charge on any atom is -0.445 e. The number of nitrogens with one attached hydrogen (secondary N) is 2. The third kappa shape index (κ3) is 6.57. The molecule has 0 bridgehead atoms. The zero-order chi connectivity index (χ0) is 21.2. The number of nitriles is 1. The van der Waals surface area contributed by atoms with Gasteiger partial charge in [0, 0.05) is 5.56 Å². The second kappa shape index (κ2) is 10.8. The van der Waals surface area contributed by atoms with Crippen LogP contribution in [0.3, 0.4) is 0 Å². The molecule has 0 radical (unpaired) electrons. The summed E-state index contributed by atoms with van der Waals surface area (Å²) >= 11 is 0. The van der Waals surface area contributed by atoms with Crippen LogP contribution in [-0.2, 0) is 16.1 Å². The predicted molar refractivity (Wildman–Crippen MR) is 102 cm³/mol. The Morgan fingerprint density at radius 2 is 1.76 bits per heavy atom. The average molecular weight is 401 g/mol. The van der Waals surface area contributed by atoms with Crippen LogP contribution in [0.15, 0.2) is 48.5 Å². The molecule has 0 aliphatic carbocycles.